The van der Waals surface area contributed by atoms with E-state index in [4.69, 9.17) is 21.7 Å². The number of carbonyl (C=O) groups excluding carboxylic acids is 1. The van der Waals surface area contributed by atoms with Gasteiger partial charge in [-0.25, -0.2) is 4.98 Å². The average molecular weight is 226 g/mol. The molecule has 88 valence electrons. The van der Waals surface area contributed by atoms with E-state index in [1.165, 1.54) is 12.3 Å². The van der Waals surface area contributed by atoms with E-state index < -0.39 is 11.9 Å². The molecule has 16 heavy (non-hydrogen) atoms. The van der Waals surface area contributed by atoms with Crippen molar-refractivity contribution < 1.29 is 15.0 Å². The molecule has 0 fully saturated rings. The van der Waals surface area contributed by atoms with E-state index in [2.05, 4.69) is 10.3 Å². The molecule has 1 rings (SSSR count). The van der Waals surface area contributed by atoms with Crippen molar-refractivity contribution in [1.82, 2.24) is 4.98 Å². The Bertz CT molecular complexity index is 379. The van der Waals surface area contributed by atoms with Crippen molar-refractivity contribution in [2.24, 2.45) is 5.73 Å². The molecule has 1 heterocycles. The molecule has 0 aliphatic rings. The fraction of sp³-hybridized carbons (Fsp3) is 0.333. The number of carbonyl (C=O) groups is 1. The summed E-state index contributed by atoms with van der Waals surface area (Å²) in [6.45, 7) is -0.582. The van der Waals surface area contributed by atoms with Gasteiger partial charge in [0.15, 0.2) is 0 Å². The second kappa shape index (κ2) is 5.29. The predicted octanol–water partition coefficient (Wildman–Crippen LogP) is -1.47. The highest BCUT2D eigenvalue weighted by atomic mass is 16.3. The number of rotatable bonds is 5. The molecule has 7 N–H and O–H groups in total. The molecule has 0 atom stereocenters. The molecule has 0 aliphatic carbocycles. The maximum Gasteiger partial charge on any atom is 0.252 e. The van der Waals surface area contributed by atoms with Gasteiger partial charge in [-0.15, -0.1) is 0 Å². The number of nitrogens with zero attached hydrogens (tertiary/aromatic N) is 1. The number of hydrogen-bond acceptors (Lipinski definition) is 6. The van der Waals surface area contributed by atoms with Gasteiger partial charge < -0.3 is 27.0 Å². The van der Waals surface area contributed by atoms with Crippen LogP contribution in [-0.2, 0) is 0 Å². The normalized spacial score (nSPS) is 10.4. The number of hydrogen-bond donors (Lipinski definition) is 5. The first kappa shape index (κ1) is 12.2. The van der Waals surface area contributed by atoms with Gasteiger partial charge in [-0.05, 0) is 6.07 Å². The van der Waals surface area contributed by atoms with Crippen LogP contribution >= 0.6 is 0 Å². The molecule has 1 aromatic rings. The minimum absolute atomic E-state index is 0.117. The number of anilines is 2. The number of nitrogens with one attached hydrogen (secondary N) is 1. The highest BCUT2D eigenvalue weighted by molar-refractivity contribution is 5.98. The monoisotopic (exact) mass is 226 g/mol. The van der Waals surface area contributed by atoms with Crippen LogP contribution in [0.1, 0.15) is 10.4 Å². The third kappa shape index (κ3) is 2.81. The molecular formula is C9H14N4O3. The van der Waals surface area contributed by atoms with Crippen LogP contribution in [0.4, 0.5) is 11.5 Å². The number of pyridine rings is 1. The summed E-state index contributed by atoms with van der Waals surface area (Å²) in [5.74, 6) is -0.494. The van der Waals surface area contributed by atoms with E-state index in [0.717, 1.165) is 0 Å². The second-order valence-corrected chi connectivity index (χ2v) is 3.24. The SMILES string of the molecule is NC(=O)c1cc(N)cnc1NC(CO)CO. The molecule has 7 nitrogen and oxygen atoms in total. The smallest absolute Gasteiger partial charge is 0.252 e. The lowest BCUT2D eigenvalue weighted by atomic mass is 10.2. The minimum Gasteiger partial charge on any atom is -0.397 e. The third-order valence-corrected chi connectivity index (χ3v) is 1.96. The number of nitrogens with two attached hydrogens (primary N) is 2. The van der Waals surface area contributed by atoms with Crippen molar-refractivity contribution in [3.8, 4) is 0 Å². The first-order chi connectivity index (χ1) is 7.58. The number of aliphatic hydroxyl groups excluding tert-OH is 2. The van der Waals surface area contributed by atoms with Crippen LogP contribution < -0.4 is 16.8 Å². The van der Waals surface area contributed by atoms with Gasteiger partial charge in [0.2, 0.25) is 0 Å². The molecule has 0 aliphatic heterocycles. The summed E-state index contributed by atoms with van der Waals surface area (Å²) in [4.78, 5) is 15.0. The van der Waals surface area contributed by atoms with Gasteiger partial charge in [0.05, 0.1) is 36.7 Å². The van der Waals surface area contributed by atoms with E-state index >= 15 is 0 Å². The first-order valence-corrected chi connectivity index (χ1v) is 4.62. The Kier molecular flexibility index (Phi) is 4.03. The Balaban J connectivity index is 2.98. The zero-order chi connectivity index (χ0) is 12.1. The quantitative estimate of drug-likeness (QED) is 0.416. The van der Waals surface area contributed by atoms with Crippen molar-refractivity contribution in [3.05, 3.63) is 17.8 Å². The third-order valence-electron chi connectivity index (χ3n) is 1.96. The highest BCUT2D eigenvalue weighted by Crippen LogP contribution is 2.15. The van der Waals surface area contributed by atoms with Crippen molar-refractivity contribution >= 4 is 17.4 Å². The van der Waals surface area contributed by atoms with E-state index in [0.29, 0.717) is 5.69 Å². The average Bonchev–Trinajstić information content (AvgIpc) is 2.27. The second-order valence-electron chi connectivity index (χ2n) is 3.24. The number of nitrogen functional groups attached to an aromatic ring is 1. The first-order valence-electron chi connectivity index (χ1n) is 4.62. The molecule has 0 unspecified atom stereocenters. The van der Waals surface area contributed by atoms with Crippen LogP contribution in [-0.4, -0.2) is 40.4 Å². The van der Waals surface area contributed by atoms with Gasteiger partial charge in [0.25, 0.3) is 5.91 Å². The summed E-state index contributed by atoms with van der Waals surface area (Å²) in [6.07, 6.45) is 1.35. The number of primary amides is 1. The minimum atomic E-state index is -0.683. The Hall–Kier alpha value is -1.86. The lowest BCUT2D eigenvalue weighted by Crippen LogP contribution is -2.29. The summed E-state index contributed by atoms with van der Waals surface area (Å²) in [6, 6.07) is 0.776. The van der Waals surface area contributed by atoms with Crippen molar-refractivity contribution in [2.75, 3.05) is 24.3 Å². The Labute approximate surface area is 92.1 Å². The van der Waals surface area contributed by atoms with Crippen LogP contribution in [0.15, 0.2) is 12.3 Å². The fourth-order valence-corrected chi connectivity index (χ4v) is 1.13. The van der Waals surface area contributed by atoms with Gasteiger partial charge in [-0.2, -0.15) is 0 Å². The molecule has 0 saturated carbocycles. The van der Waals surface area contributed by atoms with Crippen molar-refractivity contribution in [2.45, 2.75) is 6.04 Å². The predicted molar refractivity (Wildman–Crippen MR) is 58.7 cm³/mol. The molecule has 0 spiro atoms. The maximum absolute atomic E-state index is 11.1. The molecular weight excluding hydrogens is 212 g/mol. The maximum atomic E-state index is 11.1. The van der Waals surface area contributed by atoms with Crippen LogP contribution in [0, 0.1) is 0 Å². The van der Waals surface area contributed by atoms with Crippen molar-refractivity contribution in [3.63, 3.8) is 0 Å². The molecule has 1 amide bonds. The van der Waals surface area contributed by atoms with Gasteiger partial charge in [0, 0.05) is 0 Å². The van der Waals surface area contributed by atoms with Crippen LogP contribution in [0.25, 0.3) is 0 Å². The number of amides is 1. The Morgan fingerprint density at radius 2 is 2.12 bits per heavy atom. The zero-order valence-corrected chi connectivity index (χ0v) is 8.55. The lowest BCUT2D eigenvalue weighted by molar-refractivity contribution is 0.100. The standard InChI is InChI=1S/C9H14N4O3/c10-5-1-7(8(11)16)9(12-2-5)13-6(3-14)4-15/h1-2,6,14-15H,3-4,10H2,(H2,11,16)(H,12,13). The van der Waals surface area contributed by atoms with Gasteiger partial charge in [0.1, 0.15) is 5.82 Å². The molecule has 7 heteroatoms. The van der Waals surface area contributed by atoms with Crippen LogP contribution in [0.2, 0.25) is 0 Å². The zero-order valence-electron chi connectivity index (χ0n) is 8.55. The van der Waals surface area contributed by atoms with E-state index in [1.54, 1.807) is 0 Å². The summed E-state index contributed by atoms with van der Waals surface area (Å²) in [5, 5.41) is 20.4. The topological polar surface area (TPSA) is 134 Å². The fourth-order valence-electron chi connectivity index (χ4n) is 1.13. The number of aromatic nitrogens is 1. The van der Waals surface area contributed by atoms with E-state index in [1.807, 2.05) is 0 Å². The summed E-state index contributed by atoms with van der Waals surface area (Å²) in [7, 11) is 0. The summed E-state index contributed by atoms with van der Waals surface area (Å²) in [5.41, 5.74) is 11.0. The summed E-state index contributed by atoms with van der Waals surface area (Å²) < 4.78 is 0. The van der Waals surface area contributed by atoms with Gasteiger partial charge in [-0.3, -0.25) is 4.79 Å². The van der Waals surface area contributed by atoms with E-state index in [9.17, 15) is 4.79 Å². The van der Waals surface area contributed by atoms with Crippen LogP contribution in [0.3, 0.4) is 0 Å². The van der Waals surface area contributed by atoms with Gasteiger partial charge in [-0.1, -0.05) is 0 Å². The lowest BCUT2D eigenvalue weighted by Gasteiger charge is -2.15. The highest BCUT2D eigenvalue weighted by Gasteiger charge is 2.13. The van der Waals surface area contributed by atoms with Gasteiger partial charge >= 0.3 is 0 Å². The molecule has 0 radical (unpaired) electrons. The van der Waals surface area contributed by atoms with Crippen molar-refractivity contribution in [1.29, 1.82) is 0 Å². The Morgan fingerprint density at radius 3 is 2.62 bits per heavy atom. The number of aliphatic hydroxyl groups is 2. The molecule has 0 saturated heterocycles. The summed E-state index contributed by atoms with van der Waals surface area (Å²) >= 11 is 0. The van der Waals surface area contributed by atoms with Crippen LogP contribution in [0.5, 0.6) is 0 Å². The van der Waals surface area contributed by atoms with E-state index in [-0.39, 0.29) is 24.6 Å². The Morgan fingerprint density at radius 1 is 1.50 bits per heavy atom. The molecule has 1 aromatic heterocycles. The molecule has 0 aromatic carbocycles. The largest absolute Gasteiger partial charge is 0.397 e. The molecule has 0 bridgehead atoms.